The number of rotatable bonds is 2. The van der Waals surface area contributed by atoms with Crippen LogP contribution in [-0.2, 0) is 0 Å². The van der Waals surface area contributed by atoms with Crippen molar-refractivity contribution in [3.05, 3.63) is 30.0 Å². The highest BCUT2D eigenvalue weighted by atomic mass is 16.5. The van der Waals surface area contributed by atoms with E-state index in [9.17, 15) is 0 Å². The fourth-order valence-electron chi connectivity index (χ4n) is 1.75. The molecule has 0 bridgehead atoms. The van der Waals surface area contributed by atoms with Crippen LogP contribution in [0.5, 0.6) is 11.5 Å². The molecule has 0 fully saturated rings. The summed E-state index contributed by atoms with van der Waals surface area (Å²) < 4.78 is 10.7. The van der Waals surface area contributed by atoms with Crippen LogP contribution in [0.25, 0.3) is 10.9 Å². The minimum atomic E-state index is 0.702. The zero-order valence-corrected chi connectivity index (χ0v) is 9.07. The fraction of sp³-hybridized carbons (Fsp3) is 0.250. The Bertz CT molecular complexity index is 494. The number of fused-ring (bicyclic) bond motifs is 1. The molecule has 0 atom stereocenters. The lowest BCUT2D eigenvalue weighted by Crippen LogP contribution is -1.95. The molecule has 0 aliphatic rings. The Morgan fingerprint density at radius 1 is 1.13 bits per heavy atom. The average Bonchev–Trinajstić information content (AvgIpc) is 2.27. The zero-order valence-electron chi connectivity index (χ0n) is 9.07. The fourth-order valence-corrected chi connectivity index (χ4v) is 1.75. The largest absolute Gasteiger partial charge is 0.492 e. The Kier molecular flexibility index (Phi) is 2.46. The first-order chi connectivity index (χ1) is 7.27. The molecule has 2 rings (SSSR count). The summed E-state index contributed by atoms with van der Waals surface area (Å²) in [7, 11) is 3.27. The van der Waals surface area contributed by atoms with E-state index in [0.717, 1.165) is 22.2 Å². The van der Waals surface area contributed by atoms with Gasteiger partial charge in [-0.25, -0.2) is 0 Å². The molecule has 0 radical (unpaired) electrons. The Hall–Kier alpha value is -1.77. The lowest BCUT2D eigenvalue weighted by atomic mass is 10.1. The number of hydrogen-bond acceptors (Lipinski definition) is 3. The average molecular weight is 203 g/mol. The van der Waals surface area contributed by atoms with E-state index in [4.69, 9.17) is 9.47 Å². The number of benzene rings is 1. The van der Waals surface area contributed by atoms with Gasteiger partial charge in [0.2, 0.25) is 0 Å². The van der Waals surface area contributed by atoms with Gasteiger partial charge in [0, 0.05) is 11.6 Å². The second-order valence-electron chi connectivity index (χ2n) is 3.34. The van der Waals surface area contributed by atoms with Gasteiger partial charge in [-0.2, -0.15) is 0 Å². The van der Waals surface area contributed by atoms with Crippen molar-refractivity contribution in [3.8, 4) is 11.5 Å². The van der Waals surface area contributed by atoms with E-state index in [1.54, 1.807) is 20.4 Å². The standard InChI is InChI=1S/C12H13NO2/c1-8-7-9-5-4-6-13-10(9)12(15-3)11(8)14-2/h4-7H,1-3H3. The predicted octanol–water partition coefficient (Wildman–Crippen LogP) is 2.56. The molecule has 78 valence electrons. The van der Waals surface area contributed by atoms with Crippen molar-refractivity contribution in [1.29, 1.82) is 0 Å². The summed E-state index contributed by atoms with van der Waals surface area (Å²) in [6.07, 6.45) is 1.75. The number of methoxy groups -OCH3 is 2. The number of aryl methyl sites for hydroxylation is 1. The summed E-state index contributed by atoms with van der Waals surface area (Å²) in [6, 6.07) is 5.97. The van der Waals surface area contributed by atoms with Crippen LogP contribution < -0.4 is 9.47 Å². The molecule has 3 nitrogen and oxygen atoms in total. The molecule has 15 heavy (non-hydrogen) atoms. The van der Waals surface area contributed by atoms with Crippen LogP contribution in [0.1, 0.15) is 5.56 Å². The van der Waals surface area contributed by atoms with Crippen molar-refractivity contribution in [1.82, 2.24) is 4.98 Å². The highest BCUT2D eigenvalue weighted by Crippen LogP contribution is 2.36. The smallest absolute Gasteiger partial charge is 0.187 e. The minimum absolute atomic E-state index is 0.702. The van der Waals surface area contributed by atoms with Crippen LogP contribution in [0.15, 0.2) is 24.4 Å². The molecule has 0 spiro atoms. The third-order valence-electron chi connectivity index (χ3n) is 2.40. The van der Waals surface area contributed by atoms with Crippen molar-refractivity contribution < 1.29 is 9.47 Å². The predicted molar refractivity (Wildman–Crippen MR) is 59.6 cm³/mol. The van der Waals surface area contributed by atoms with Gasteiger partial charge in [0.1, 0.15) is 5.52 Å². The van der Waals surface area contributed by atoms with Crippen molar-refractivity contribution in [2.75, 3.05) is 14.2 Å². The molecule has 0 saturated carbocycles. The van der Waals surface area contributed by atoms with E-state index < -0.39 is 0 Å². The quantitative estimate of drug-likeness (QED) is 0.751. The summed E-state index contributed by atoms with van der Waals surface area (Å²) in [6.45, 7) is 1.99. The van der Waals surface area contributed by atoms with Crippen LogP contribution in [0.2, 0.25) is 0 Å². The number of nitrogens with zero attached hydrogens (tertiary/aromatic N) is 1. The summed E-state index contributed by atoms with van der Waals surface area (Å²) in [4.78, 5) is 4.30. The molecule has 0 amide bonds. The normalized spacial score (nSPS) is 10.3. The molecule has 2 aromatic rings. The van der Waals surface area contributed by atoms with Crippen molar-refractivity contribution >= 4 is 10.9 Å². The Balaban J connectivity index is 2.84. The van der Waals surface area contributed by atoms with Gasteiger partial charge in [0.05, 0.1) is 14.2 Å². The highest BCUT2D eigenvalue weighted by molar-refractivity contribution is 5.88. The van der Waals surface area contributed by atoms with Crippen LogP contribution in [0.4, 0.5) is 0 Å². The summed E-state index contributed by atoms with van der Waals surface area (Å²) in [5.74, 6) is 1.46. The third kappa shape index (κ3) is 1.50. The second kappa shape index (κ2) is 3.77. The van der Waals surface area contributed by atoms with E-state index in [0.29, 0.717) is 5.75 Å². The van der Waals surface area contributed by atoms with Crippen molar-refractivity contribution in [3.63, 3.8) is 0 Å². The van der Waals surface area contributed by atoms with Crippen LogP contribution in [-0.4, -0.2) is 19.2 Å². The van der Waals surface area contributed by atoms with Gasteiger partial charge in [-0.05, 0) is 24.6 Å². The molecule has 3 heteroatoms. The van der Waals surface area contributed by atoms with E-state index >= 15 is 0 Å². The van der Waals surface area contributed by atoms with E-state index in [1.807, 2.05) is 25.1 Å². The third-order valence-corrected chi connectivity index (χ3v) is 2.40. The maximum atomic E-state index is 5.34. The van der Waals surface area contributed by atoms with E-state index in [1.165, 1.54) is 0 Å². The molecule has 1 aromatic carbocycles. The van der Waals surface area contributed by atoms with Crippen LogP contribution >= 0.6 is 0 Å². The van der Waals surface area contributed by atoms with E-state index in [-0.39, 0.29) is 0 Å². The molecular weight excluding hydrogens is 190 g/mol. The summed E-state index contributed by atoms with van der Waals surface area (Å²) >= 11 is 0. The second-order valence-corrected chi connectivity index (χ2v) is 3.34. The Morgan fingerprint density at radius 3 is 2.53 bits per heavy atom. The lowest BCUT2D eigenvalue weighted by Gasteiger charge is -2.12. The maximum absolute atomic E-state index is 5.34. The molecule has 0 N–H and O–H groups in total. The first-order valence-corrected chi connectivity index (χ1v) is 4.74. The van der Waals surface area contributed by atoms with Gasteiger partial charge in [-0.1, -0.05) is 6.07 Å². The molecule has 0 unspecified atom stereocenters. The number of ether oxygens (including phenoxy) is 2. The molecule has 0 saturated heterocycles. The molecule has 1 heterocycles. The Labute approximate surface area is 88.7 Å². The highest BCUT2D eigenvalue weighted by Gasteiger charge is 2.12. The minimum Gasteiger partial charge on any atom is -0.492 e. The van der Waals surface area contributed by atoms with Gasteiger partial charge >= 0.3 is 0 Å². The monoisotopic (exact) mass is 203 g/mol. The van der Waals surface area contributed by atoms with E-state index in [2.05, 4.69) is 4.98 Å². The maximum Gasteiger partial charge on any atom is 0.187 e. The molecular formula is C12H13NO2. The van der Waals surface area contributed by atoms with Gasteiger partial charge in [-0.3, -0.25) is 4.98 Å². The summed E-state index contributed by atoms with van der Waals surface area (Å²) in [5, 5.41) is 1.06. The molecule has 0 aliphatic carbocycles. The Morgan fingerprint density at radius 2 is 1.87 bits per heavy atom. The number of hydrogen-bond donors (Lipinski definition) is 0. The first kappa shape index (κ1) is 9.77. The van der Waals surface area contributed by atoms with Gasteiger partial charge in [-0.15, -0.1) is 0 Å². The van der Waals surface area contributed by atoms with Crippen molar-refractivity contribution in [2.24, 2.45) is 0 Å². The topological polar surface area (TPSA) is 31.4 Å². The molecule has 0 aliphatic heterocycles. The van der Waals surface area contributed by atoms with Gasteiger partial charge < -0.3 is 9.47 Å². The first-order valence-electron chi connectivity index (χ1n) is 4.74. The van der Waals surface area contributed by atoms with Crippen molar-refractivity contribution in [2.45, 2.75) is 6.92 Å². The zero-order chi connectivity index (χ0) is 10.8. The summed E-state index contributed by atoms with van der Waals surface area (Å²) in [5.41, 5.74) is 1.89. The van der Waals surface area contributed by atoms with Gasteiger partial charge in [0.25, 0.3) is 0 Å². The number of aromatic nitrogens is 1. The SMILES string of the molecule is COc1c(C)cc2cccnc2c1OC. The molecule has 1 aromatic heterocycles. The van der Waals surface area contributed by atoms with Crippen LogP contribution in [0.3, 0.4) is 0 Å². The van der Waals surface area contributed by atoms with Gasteiger partial charge in [0.15, 0.2) is 11.5 Å². The number of pyridine rings is 1. The lowest BCUT2D eigenvalue weighted by molar-refractivity contribution is 0.356. The van der Waals surface area contributed by atoms with Crippen LogP contribution in [0, 0.1) is 6.92 Å².